The normalized spacial score (nSPS) is 15.5. The van der Waals surface area contributed by atoms with Gasteiger partial charge in [-0.3, -0.25) is 10.1 Å². The molecule has 0 fully saturated rings. The minimum Gasteiger partial charge on any atom is -0.496 e. The first-order chi connectivity index (χ1) is 11.5. The van der Waals surface area contributed by atoms with Crippen molar-refractivity contribution >= 4 is 17.4 Å². The van der Waals surface area contributed by atoms with Gasteiger partial charge in [0.2, 0.25) is 5.96 Å². The lowest BCUT2D eigenvalue weighted by Crippen LogP contribution is -2.30. The van der Waals surface area contributed by atoms with Gasteiger partial charge in [-0.25, -0.2) is 4.99 Å². The van der Waals surface area contributed by atoms with Crippen LogP contribution in [0.2, 0.25) is 0 Å². The van der Waals surface area contributed by atoms with Gasteiger partial charge >= 0.3 is 0 Å². The van der Waals surface area contributed by atoms with Gasteiger partial charge < -0.3 is 14.9 Å². The molecule has 0 saturated heterocycles. The molecule has 0 saturated carbocycles. The average Bonchev–Trinajstić information content (AvgIpc) is 3.20. The van der Waals surface area contributed by atoms with Crippen LogP contribution in [0.5, 0.6) is 5.75 Å². The maximum absolute atomic E-state index is 11.8. The molecule has 2 heterocycles. The van der Waals surface area contributed by atoms with E-state index in [2.05, 4.69) is 16.4 Å². The Labute approximate surface area is 138 Å². The zero-order valence-electron chi connectivity index (χ0n) is 13.1. The van der Waals surface area contributed by atoms with Crippen molar-refractivity contribution in [1.29, 1.82) is 5.26 Å². The Kier molecular flexibility index (Phi) is 3.80. The Morgan fingerprint density at radius 1 is 1.38 bits per heavy atom. The van der Waals surface area contributed by atoms with Crippen molar-refractivity contribution in [3.05, 3.63) is 47.4 Å². The number of aliphatic imine (C=N–C) groups is 1. The highest BCUT2D eigenvalue weighted by molar-refractivity contribution is 6.14. The molecule has 1 aliphatic heterocycles. The number of amides is 1. The van der Waals surface area contributed by atoms with Crippen LogP contribution in [-0.4, -0.2) is 19.0 Å². The minimum absolute atomic E-state index is 0.0597. The molecule has 3 N–H and O–H groups in total. The molecule has 1 aromatic carbocycles. The lowest BCUT2D eigenvalue weighted by molar-refractivity contribution is -0.115. The van der Waals surface area contributed by atoms with Gasteiger partial charge in [0, 0.05) is 5.57 Å². The van der Waals surface area contributed by atoms with Crippen molar-refractivity contribution in [2.45, 2.75) is 6.92 Å². The number of nitrogens with two attached hydrogens (primary N) is 1. The molecule has 7 heteroatoms. The molecule has 3 rings (SSSR count). The first-order valence-electron chi connectivity index (χ1n) is 7.08. The van der Waals surface area contributed by atoms with Gasteiger partial charge in [-0.1, -0.05) is 0 Å². The summed E-state index contributed by atoms with van der Waals surface area (Å²) >= 11 is 0. The number of nitrogens with zero attached hydrogens (tertiary/aromatic N) is 2. The largest absolute Gasteiger partial charge is 0.496 e. The summed E-state index contributed by atoms with van der Waals surface area (Å²) in [6.07, 6.45) is 0. The SMILES string of the molecule is COc1ccc(C#N)cc1-c1ccc(C(C)=C2N=C(N)NC2=O)o1. The number of nitrogens with one attached hydrogen (secondary N) is 1. The van der Waals surface area contributed by atoms with Gasteiger partial charge in [-0.05, 0) is 37.3 Å². The number of carbonyl (C=O) groups excluding carboxylic acids is 1. The number of allylic oxidation sites excluding steroid dienone is 1. The van der Waals surface area contributed by atoms with E-state index in [1.165, 1.54) is 0 Å². The molecular formula is C17H14N4O3. The lowest BCUT2D eigenvalue weighted by Gasteiger charge is -2.06. The number of nitriles is 1. The van der Waals surface area contributed by atoms with Crippen LogP contribution < -0.4 is 15.8 Å². The van der Waals surface area contributed by atoms with Gasteiger partial charge in [0.1, 0.15) is 23.0 Å². The Morgan fingerprint density at radius 2 is 2.17 bits per heavy atom. The molecule has 1 amide bonds. The minimum atomic E-state index is -0.369. The van der Waals surface area contributed by atoms with E-state index in [0.717, 1.165) is 0 Å². The highest BCUT2D eigenvalue weighted by Gasteiger charge is 2.22. The van der Waals surface area contributed by atoms with Crippen LogP contribution in [0.1, 0.15) is 18.2 Å². The molecule has 0 bridgehead atoms. The quantitative estimate of drug-likeness (QED) is 0.839. The van der Waals surface area contributed by atoms with Crippen LogP contribution in [0.25, 0.3) is 16.9 Å². The molecule has 0 radical (unpaired) electrons. The molecule has 0 unspecified atom stereocenters. The van der Waals surface area contributed by atoms with Crippen molar-refractivity contribution < 1.29 is 13.9 Å². The first kappa shape index (κ1) is 15.4. The zero-order valence-corrected chi connectivity index (χ0v) is 13.1. The first-order valence-corrected chi connectivity index (χ1v) is 7.08. The van der Waals surface area contributed by atoms with Crippen molar-refractivity contribution in [1.82, 2.24) is 5.32 Å². The fourth-order valence-electron chi connectivity index (χ4n) is 2.40. The Bertz CT molecular complexity index is 932. The van der Waals surface area contributed by atoms with Crippen LogP contribution in [-0.2, 0) is 4.79 Å². The third-order valence-electron chi connectivity index (χ3n) is 3.61. The zero-order chi connectivity index (χ0) is 17.3. The van der Waals surface area contributed by atoms with Crippen LogP contribution in [0.4, 0.5) is 0 Å². The Hall–Kier alpha value is -3.53. The molecule has 7 nitrogen and oxygen atoms in total. The second-order valence-corrected chi connectivity index (χ2v) is 5.12. The third kappa shape index (κ3) is 2.61. The molecule has 120 valence electrons. The van der Waals surface area contributed by atoms with Gasteiger partial charge in [-0.15, -0.1) is 0 Å². The number of hydrogen-bond acceptors (Lipinski definition) is 6. The summed E-state index contributed by atoms with van der Waals surface area (Å²) in [6.45, 7) is 1.72. The molecule has 0 spiro atoms. The summed E-state index contributed by atoms with van der Waals surface area (Å²) in [7, 11) is 1.54. The van der Waals surface area contributed by atoms with E-state index in [1.807, 2.05) is 0 Å². The highest BCUT2D eigenvalue weighted by atomic mass is 16.5. The number of hydrogen-bond donors (Lipinski definition) is 2. The second kappa shape index (κ2) is 5.93. The second-order valence-electron chi connectivity index (χ2n) is 5.12. The van der Waals surface area contributed by atoms with Crippen molar-refractivity contribution in [3.8, 4) is 23.1 Å². The van der Waals surface area contributed by atoms with E-state index in [1.54, 1.807) is 44.4 Å². The fourth-order valence-corrected chi connectivity index (χ4v) is 2.40. The number of ether oxygens (including phenoxy) is 1. The van der Waals surface area contributed by atoms with E-state index in [9.17, 15) is 4.79 Å². The van der Waals surface area contributed by atoms with Crippen LogP contribution >= 0.6 is 0 Å². The lowest BCUT2D eigenvalue weighted by atomic mass is 10.1. The highest BCUT2D eigenvalue weighted by Crippen LogP contribution is 2.34. The molecule has 1 aromatic heterocycles. The van der Waals surface area contributed by atoms with Gasteiger partial charge in [0.05, 0.1) is 24.3 Å². The summed E-state index contributed by atoms with van der Waals surface area (Å²) in [5.41, 5.74) is 7.43. The Morgan fingerprint density at radius 3 is 2.79 bits per heavy atom. The van der Waals surface area contributed by atoms with Gasteiger partial charge in [0.25, 0.3) is 5.91 Å². The molecule has 1 aliphatic rings. The number of methoxy groups -OCH3 is 1. The Balaban J connectivity index is 2.05. The number of furan rings is 1. The monoisotopic (exact) mass is 322 g/mol. The number of rotatable bonds is 3. The summed E-state index contributed by atoms with van der Waals surface area (Å²) in [5.74, 6) is 1.28. The van der Waals surface area contributed by atoms with Gasteiger partial charge in [-0.2, -0.15) is 5.26 Å². The van der Waals surface area contributed by atoms with E-state index in [-0.39, 0.29) is 17.6 Å². The van der Waals surface area contributed by atoms with E-state index < -0.39 is 0 Å². The molecule has 2 aromatic rings. The van der Waals surface area contributed by atoms with Gasteiger partial charge in [0.15, 0.2) is 0 Å². The molecule has 0 atom stereocenters. The summed E-state index contributed by atoms with van der Waals surface area (Å²) in [6, 6.07) is 10.6. The molecular weight excluding hydrogens is 308 g/mol. The third-order valence-corrected chi connectivity index (χ3v) is 3.61. The standard InChI is InChI=1S/C17H14N4O3/c1-9(15-16(22)21-17(19)20-15)12-5-6-14(24-12)11-7-10(8-18)3-4-13(11)23-2/h3-7H,1-2H3,(H3,19,20,21,22). The number of benzene rings is 1. The van der Waals surface area contributed by atoms with Crippen LogP contribution in [0.3, 0.4) is 0 Å². The average molecular weight is 322 g/mol. The van der Waals surface area contributed by atoms with E-state index >= 15 is 0 Å². The summed E-state index contributed by atoms with van der Waals surface area (Å²) in [4.78, 5) is 15.8. The summed E-state index contributed by atoms with van der Waals surface area (Å²) in [5, 5.41) is 11.5. The maximum atomic E-state index is 11.8. The van der Waals surface area contributed by atoms with Crippen molar-refractivity contribution in [2.75, 3.05) is 7.11 Å². The smallest absolute Gasteiger partial charge is 0.277 e. The number of guanidine groups is 1. The van der Waals surface area contributed by atoms with E-state index in [4.69, 9.17) is 20.1 Å². The van der Waals surface area contributed by atoms with Crippen molar-refractivity contribution in [3.63, 3.8) is 0 Å². The predicted molar refractivity (Wildman–Crippen MR) is 87.8 cm³/mol. The van der Waals surface area contributed by atoms with Crippen LogP contribution in [0, 0.1) is 11.3 Å². The fraction of sp³-hybridized carbons (Fsp3) is 0.118. The molecule has 24 heavy (non-hydrogen) atoms. The molecule has 0 aliphatic carbocycles. The number of carbonyl (C=O) groups is 1. The summed E-state index contributed by atoms with van der Waals surface area (Å²) < 4.78 is 11.1. The topological polar surface area (TPSA) is 114 Å². The van der Waals surface area contributed by atoms with Crippen molar-refractivity contribution in [2.24, 2.45) is 10.7 Å². The predicted octanol–water partition coefficient (Wildman–Crippen LogP) is 2.00. The maximum Gasteiger partial charge on any atom is 0.277 e. The van der Waals surface area contributed by atoms with E-state index in [0.29, 0.717) is 34.0 Å². The van der Waals surface area contributed by atoms with Crippen LogP contribution in [0.15, 0.2) is 45.4 Å².